The average Bonchev–Trinajstić information content (AvgIpc) is 3.23. The van der Waals surface area contributed by atoms with Crippen LogP contribution in [-0.4, -0.2) is 36.5 Å². The molecule has 1 aliphatic heterocycles. The minimum Gasteiger partial charge on any atom is -0.395 e. The van der Waals surface area contributed by atoms with Crippen LogP contribution >= 0.6 is 23.1 Å². The van der Waals surface area contributed by atoms with Crippen LogP contribution < -0.4 is 10.2 Å². The molecule has 2 aromatic rings. The highest BCUT2D eigenvalue weighted by Gasteiger charge is 2.37. The maximum absolute atomic E-state index is 11.8. The van der Waals surface area contributed by atoms with Crippen LogP contribution in [-0.2, 0) is 10.2 Å². The fourth-order valence-corrected chi connectivity index (χ4v) is 5.65. The normalized spacial score (nSPS) is 18.6. The van der Waals surface area contributed by atoms with Crippen LogP contribution in [0.1, 0.15) is 29.9 Å². The van der Waals surface area contributed by atoms with Crippen molar-refractivity contribution in [3.63, 3.8) is 0 Å². The number of aliphatic hydroxyl groups is 1. The Labute approximate surface area is 166 Å². The first kappa shape index (κ1) is 18.3. The van der Waals surface area contributed by atoms with E-state index in [4.69, 9.17) is 0 Å². The molecule has 0 spiro atoms. The molecule has 7 heteroatoms. The minimum atomic E-state index is -0.324. The predicted octanol–water partition coefficient (Wildman–Crippen LogP) is 3.81. The van der Waals surface area contributed by atoms with Crippen LogP contribution in [0.2, 0.25) is 0 Å². The van der Waals surface area contributed by atoms with Crippen LogP contribution in [0.25, 0.3) is 16.5 Å². The summed E-state index contributed by atoms with van der Waals surface area (Å²) >= 11 is 2.59. The van der Waals surface area contributed by atoms with Crippen LogP contribution in [0, 0.1) is 0 Å². The van der Waals surface area contributed by atoms with Crippen molar-refractivity contribution in [2.24, 2.45) is 0 Å². The van der Waals surface area contributed by atoms with Gasteiger partial charge in [0.2, 0.25) is 0 Å². The van der Waals surface area contributed by atoms with E-state index < -0.39 is 0 Å². The third-order valence-corrected chi connectivity index (χ3v) is 7.06. The van der Waals surface area contributed by atoms with Crippen molar-refractivity contribution >= 4 is 46.0 Å². The molecule has 1 saturated heterocycles. The molecule has 0 atom stereocenters. The number of rotatable bonds is 4. The van der Waals surface area contributed by atoms with Crippen molar-refractivity contribution < 1.29 is 14.7 Å². The third kappa shape index (κ3) is 2.99. The Morgan fingerprint density at radius 3 is 2.67 bits per heavy atom. The summed E-state index contributed by atoms with van der Waals surface area (Å²) in [6.07, 6.45) is 1.80. The standard InChI is InChI=1S/C20H20N2O3S2/c1-20(2)14-8-11(22(3)6-7-23)4-5-13(14)17-15(20)9-12(26-17)10-16-18(24)21-19(25)27-16/h4-5,8-10,23H,6-7H2,1-3H3,(H,21,24,25)/b16-10-. The lowest BCUT2D eigenvalue weighted by molar-refractivity contribution is -0.115. The van der Waals surface area contributed by atoms with E-state index in [-0.39, 0.29) is 23.2 Å². The lowest BCUT2D eigenvalue weighted by Gasteiger charge is -2.24. The van der Waals surface area contributed by atoms with Gasteiger partial charge in [0, 0.05) is 34.4 Å². The average molecular weight is 401 g/mol. The number of carbonyl (C=O) groups is 2. The van der Waals surface area contributed by atoms with Gasteiger partial charge in [-0.1, -0.05) is 19.9 Å². The fraction of sp³-hybridized carbons (Fsp3) is 0.300. The Morgan fingerprint density at radius 1 is 1.22 bits per heavy atom. The smallest absolute Gasteiger partial charge is 0.290 e. The molecule has 5 nitrogen and oxygen atoms in total. The molecule has 0 radical (unpaired) electrons. The van der Waals surface area contributed by atoms with E-state index in [9.17, 15) is 14.7 Å². The lowest BCUT2D eigenvalue weighted by Crippen LogP contribution is -2.22. The Balaban J connectivity index is 1.74. The van der Waals surface area contributed by atoms with E-state index in [1.807, 2.05) is 11.9 Å². The summed E-state index contributed by atoms with van der Waals surface area (Å²) in [4.78, 5) is 27.9. The molecule has 2 amide bonds. The number of amides is 2. The largest absolute Gasteiger partial charge is 0.395 e. The number of imide groups is 1. The number of carbonyl (C=O) groups excluding carboxylic acids is 2. The number of hydrogen-bond acceptors (Lipinski definition) is 6. The topological polar surface area (TPSA) is 69.6 Å². The monoisotopic (exact) mass is 400 g/mol. The summed E-state index contributed by atoms with van der Waals surface area (Å²) in [5.74, 6) is -0.324. The molecular weight excluding hydrogens is 380 g/mol. The molecule has 4 rings (SSSR count). The van der Waals surface area contributed by atoms with E-state index in [1.165, 1.54) is 21.6 Å². The van der Waals surface area contributed by atoms with Crippen LogP contribution in [0.4, 0.5) is 10.5 Å². The number of nitrogens with one attached hydrogen (secondary N) is 1. The Kier molecular flexibility index (Phi) is 4.41. The number of anilines is 1. The zero-order valence-corrected chi connectivity index (χ0v) is 17.0. The van der Waals surface area contributed by atoms with E-state index >= 15 is 0 Å². The van der Waals surface area contributed by atoms with Gasteiger partial charge in [-0.2, -0.15) is 0 Å². The van der Waals surface area contributed by atoms with Gasteiger partial charge in [-0.05, 0) is 52.7 Å². The number of thiophene rings is 1. The highest BCUT2D eigenvalue weighted by molar-refractivity contribution is 8.18. The SMILES string of the molecule is CN(CCO)c1ccc2c(c1)C(C)(C)c1cc(/C=C3\SC(=O)NC3=O)sc1-2. The Morgan fingerprint density at radius 2 is 2.00 bits per heavy atom. The van der Waals surface area contributed by atoms with Crippen molar-refractivity contribution in [2.45, 2.75) is 19.3 Å². The number of thioether (sulfide) groups is 1. The Hall–Kier alpha value is -2.09. The second kappa shape index (κ2) is 6.51. The van der Waals surface area contributed by atoms with Gasteiger partial charge in [0.1, 0.15) is 0 Å². The van der Waals surface area contributed by atoms with Gasteiger partial charge in [-0.25, -0.2) is 0 Å². The number of nitrogens with zero attached hydrogens (tertiary/aromatic N) is 1. The molecule has 0 bridgehead atoms. The number of likely N-dealkylation sites (N-methyl/N-ethyl adjacent to an activating group) is 1. The molecule has 1 aromatic carbocycles. The number of benzene rings is 1. The van der Waals surface area contributed by atoms with Gasteiger partial charge in [0.05, 0.1) is 11.5 Å². The zero-order valence-electron chi connectivity index (χ0n) is 15.3. The van der Waals surface area contributed by atoms with E-state index in [1.54, 1.807) is 17.4 Å². The molecule has 2 aliphatic rings. The molecule has 0 saturated carbocycles. The van der Waals surface area contributed by atoms with Crippen LogP contribution in [0.3, 0.4) is 0 Å². The van der Waals surface area contributed by atoms with Gasteiger partial charge < -0.3 is 10.0 Å². The molecule has 2 N–H and O–H groups in total. The first-order valence-corrected chi connectivity index (χ1v) is 10.3. The van der Waals surface area contributed by atoms with Crippen molar-refractivity contribution in [1.29, 1.82) is 0 Å². The number of hydrogen-bond donors (Lipinski definition) is 2. The molecule has 1 aromatic heterocycles. The lowest BCUT2D eigenvalue weighted by atomic mass is 9.82. The van der Waals surface area contributed by atoms with Gasteiger partial charge in [0.15, 0.2) is 0 Å². The Bertz CT molecular complexity index is 991. The van der Waals surface area contributed by atoms with Gasteiger partial charge in [-0.3, -0.25) is 14.9 Å². The van der Waals surface area contributed by atoms with Gasteiger partial charge in [-0.15, -0.1) is 11.3 Å². The second-order valence-electron chi connectivity index (χ2n) is 7.24. The summed E-state index contributed by atoms with van der Waals surface area (Å²) in [6.45, 7) is 5.13. The summed E-state index contributed by atoms with van der Waals surface area (Å²) < 4.78 is 0. The molecule has 2 heterocycles. The number of aliphatic hydroxyl groups excluding tert-OH is 1. The minimum absolute atomic E-state index is 0.121. The van der Waals surface area contributed by atoms with Crippen molar-refractivity contribution in [3.8, 4) is 10.4 Å². The highest BCUT2D eigenvalue weighted by atomic mass is 32.2. The van der Waals surface area contributed by atoms with E-state index in [0.717, 1.165) is 22.3 Å². The molecule has 1 aliphatic carbocycles. The molecule has 140 valence electrons. The summed E-state index contributed by atoms with van der Waals surface area (Å²) in [5.41, 5.74) is 4.67. The van der Waals surface area contributed by atoms with Crippen molar-refractivity contribution in [1.82, 2.24) is 5.32 Å². The molecule has 0 unspecified atom stereocenters. The van der Waals surface area contributed by atoms with Crippen molar-refractivity contribution in [3.05, 3.63) is 45.2 Å². The fourth-order valence-electron chi connectivity index (χ4n) is 3.60. The predicted molar refractivity (Wildman–Crippen MR) is 111 cm³/mol. The van der Waals surface area contributed by atoms with Gasteiger partial charge in [0.25, 0.3) is 11.1 Å². The quantitative estimate of drug-likeness (QED) is 0.764. The highest BCUT2D eigenvalue weighted by Crippen LogP contribution is 2.53. The molecule has 1 fully saturated rings. The molecular formula is C20H20N2O3S2. The third-order valence-electron chi connectivity index (χ3n) is 5.14. The summed E-state index contributed by atoms with van der Waals surface area (Å²) in [5, 5.41) is 11.2. The summed E-state index contributed by atoms with van der Waals surface area (Å²) in [7, 11) is 1.98. The zero-order chi connectivity index (χ0) is 19.3. The first-order valence-electron chi connectivity index (χ1n) is 8.67. The molecule has 27 heavy (non-hydrogen) atoms. The van der Waals surface area contributed by atoms with E-state index in [0.29, 0.717) is 11.4 Å². The van der Waals surface area contributed by atoms with Gasteiger partial charge >= 0.3 is 0 Å². The number of fused-ring (bicyclic) bond motifs is 3. The van der Waals surface area contributed by atoms with Crippen LogP contribution in [0.15, 0.2) is 29.2 Å². The second-order valence-corrected chi connectivity index (χ2v) is 9.34. The van der Waals surface area contributed by atoms with Crippen molar-refractivity contribution in [2.75, 3.05) is 25.1 Å². The maximum Gasteiger partial charge on any atom is 0.290 e. The van der Waals surface area contributed by atoms with E-state index in [2.05, 4.69) is 43.4 Å². The first-order chi connectivity index (χ1) is 12.8. The summed E-state index contributed by atoms with van der Waals surface area (Å²) in [6, 6.07) is 8.55. The maximum atomic E-state index is 11.8. The van der Waals surface area contributed by atoms with Crippen LogP contribution in [0.5, 0.6) is 0 Å².